The van der Waals surface area contributed by atoms with E-state index >= 15 is 0 Å². The number of sulfone groups is 1. The van der Waals surface area contributed by atoms with Crippen molar-refractivity contribution in [2.75, 3.05) is 54.9 Å². The molecule has 1 aromatic heterocycles. The van der Waals surface area contributed by atoms with Gasteiger partial charge in [-0.25, -0.2) is 21.6 Å². The fourth-order valence-electron chi connectivity index (χ4n) is 5.63. The van der Waals surface area contributed by atoms with Crippen molar-refractivity contribution >= 4 is 60.9 Å². The predicted octanol–water partition coefficient (Wildman–Crippen LogP) is 3.13. The van der Waals surface area contributed by atoms with Gasteiger partial charge in [0, 0.05) is 43.3 Å². The highest BCUT2D eigenvalue weighted by Gasteiger charge is 2.51. The Balaban J connectivity index is 1.06. The van der Waals surface area contributed by atoms with Crippen molar-refractivity contribution in [3.8, 4) is 6.01 Å². The summed E-state index contributed by atoms with van der Waals surface area (Å²) in [7, 11) is -7.36. The molecule has 1 saturated heterocycles. The second kappa shape index (κ2) is 14.9. The van der Waals surface area contributed by atoms with E-state index in [2.05, 4.69) is 35.6 Å². The number of rotatable bonds is 15. The third kappa shape index (κ3) is 10.2. The number of alkyl halides is 3. The minimum atomic E-state index is -4.65. The van der Waals surface area contributed by atoms with Gasteiger partial charge in [0.05, 0.1) is 27.4 Å². The number of aromatic nitrogens is 3. The van der Waals surface area contributed by atoms with Crippen molar-refractivity contribution in [1.29, 1.82) is 0 Å². The second-order valence-electron chi connectivity index (χ2n) is 13.3. The molecule has 0 bridgehead atoms. The van der Waals surface area contributed by atoms with Crippen molar-refractivity contribution in [3.05, 3.63) is 59.1 Å². The maximum absolute atomic E-state index is 13.1. The molecule has 6 rings (SSSR count). The first-order valence-electron chi connectivity index (χ1n) is 16.6. The van der Waals surface area contributed by atoms with Crippen LogP contribution in [-0.2, 0) is 35.0 Å². The Morgan fingerprint density at radius 1 is 0.925 bits per heavy atom. The fourth-order valence-corrected chi connectivity index (χ4v) is 8.11. The van der Waals surface area contributed by atoms with Crippen LogP contribution in [0.4, 0.5) is 30.8 Å². The van der Waals surface area contributed by atoms with Crippen LogP contribution in [-0.4, -0.2) is 99.0 Å². The lowest BCUT2D eigenvalue weighted by Gasteiger charge is -2.26. The topological polar surface area (TPSA) is 202 Å². The first-order chi connectivity index (χ1) is 24.9. The maximum atomic E-state index is 13.1. The number of anilines is 3. The number of sulfonamides is 1. The summed E-state index contributed by atoms with van der Waals surface area (Å²) in [5, 5.41) is 9.21. The molecule has 3 aliphatic rings. The number of ether oxygens (including phenoxy) is 1. The Bertz CT molecular complexity index is 2050. The number of amides is 2. The predicted molar refractivity (Wildman–Crippen MR) is 187 cm³/mol. The third-order valence-electron chi connectivity index (χ3n) is 9.18. The molecule has 286 valence electrons. The molecule has 2 amide bonds. The molecule has 2 heterocycles. The molecule has 0 unspecified atom stereocenters. The molecule has 0 atom stereocenters. The van der Waals surface area contributed by atoms with Gasteiger partial charge in [0.25, 0.3) is 10.0 Å². The van der Waals surface area contributed by atoms with Crippen molar-refractivity contribution in [1.82, 2.24) is 29.9 Å². The highest BCUT2D eigenvalue weighted by Crippen LogP contribution is 2.48. The Morgan fingerprint density at radius 2 is 1.57 bits per heavy atom. The molecule has 3 fully saturated rings. The smallest absolute Gasteiger partial charge is 0.422 e. The number of nitrogens with zero attached hydrogens (tertiary/aromatic N) is 4. The number of hydrogen-bond acceptors (Lipinski definition) is 13. The average molecular weight is 801 g/mol. The van der Waals surface area contributed by atoms with Crippen molar-refractivity contribution < 1.29 is 44.3 Å². The zero-order valence-corrected chi connectivity index (χ0v) is 30.5. The SMILES string of the molecule is O=C(CCN1CCS(=O)(=O)CC1)NCC1(C(=O)NS(=O)(=O)c2ccc(Nc3nc(NC4(c5ccc(Cl)cc5)CC4)nc(OCC(F)(F)F)n3)cc2)CC1. The standard InChI is InChI=1S/C32H36ClF3N8O7S2/c33-22-3-1-21(2-4-22)31(12-13-31)42-28-39-27(40-29(41-28)51-20-32(34,35)36)38-23-5-7-24(8-6-23)53(49,50)43-26(46)30(10-11-30)19-37-25(45)9-14-44-15-17-52(47,48)18-16-44/h1-8H,9-20H2,(H,37,45)(H,43,46)(H2,38,39,40,41,42). The molecule has 2 saturated carbocycles. The van der Waals surface area contributed by atoms with Crippen LogP contribution in [0.5, 0.6) is 6.01 Å². The van der Waals surface area contributed by atoms with E-state index in [1.807, 2.05) is 17.0 Å². The number of carbonyl (C=O) groups excluding carboxylic acids is 2. The summed E-state index contributed by atoms with van der Waals surface area (Å²) in [6.45, 7) is -0.633. The van der Waals surface area contributed by atoms with E-state index in [1.165, 1.54) is 24.3 Å². The Labute approximate surface area is 308 Å². The van der Waals surface area contributed by atoms with Crippen LogP contribution >= 0.6 is 11.6 Å². The van der Waals surface area contributed by atoms with Crippen LogP contribution in [0.25, 0.3) is 0 Å². The summed E-state index contributed by atoms with van der Waals surface area (Å²) in [5.41, 5.74) is -0.508. The first kappa shape index (κ1) is 38.5. The molecule has 0 radical (unpaired) electrons. The van der Waals surface area contributed by atoms with Gasteiger partial charge in [-0.2, -0.15) is 28.1 Å². The molecule has 1 aliphatic heterocycles. The summed E-state index contributed by atoms with van der Waals surface area (Å²) >= 11 is 6.02. The van der Waals surface area contributed by atoms with Gasteiger partial charge in [-0.05, 0) is 67.6 Å². The number of nitrogens with one attached hydrogen (secondary N) is 4. The highest BCUT2D eigenvalue weighted by atomic mass is 35.5. The quantitative estimate of drug-likeness (QED) is 0.175. The van der Waals surface area contributed by atoms with Gasteiger partial charge in [0.15, 0.2) is 16.4 Å². The lowest BCUT2D eigenvalue weighted by molar-refractivity contribution is -0.154. The summed E-state index contributed by atoms with van der Waals surface area (Å²) in [6, 6.07) is 11.6. The van der Waals surface area contributed by atoms with Gasteiger partial charge in [-0.3, -0.25) is 9.59 Å². The van der Waals surface area contributed by atoms with E-state index in [0.29, 0.717) is 50.3 Å². The Kier molecular flexibility index (Phi) is 10.8. The summed E-state index contributed by atoms with van der Waals surface area (Å²) in [5.74, 6) is -1.25. The van der Waals surface area contributed by atoms with Crippen LogP contribution < -0.4 is 25.4 Å². The van der Waals surface area contributed by atoms with Gasteiger partial charge in [0.1, 0.15) is 0 Å². The maximum Gasteiger partial charge on any atom is 0.422 e. The van der Waals surface area contributed by atoms with Crippen LogP contribution in [0, 0.1) is 5.41 Å². The zero-order valence-electron chi connectivity index (χ0n) is 28.1. The lowest BCUT2D eigenvalue weighted by Crippen LogP contribution is -2.44. The lowest BCUT2D eigenvalue weighted by atomic mass is 10.1. The second-order valence-corrected chi connectivity index (χ2v) is 17.7. The van der Waals surface area contributed by atoms with E-state index in [0.717, 1.165) is 5.56 Å². The summed E-state index contributed by atoms with van der Waals surface area (Å²) in [4.78, 5) is 39.4. The Hall–Kier alpha value is -4.27. The average Bonchev–Trinajstić information content (AvgIpc) is 4.03. The van der Waals surface area contributed by atoms with Crippen LogP contribution in [0.3, 0.4) is 0 Å². The van der Waals surface area contributed by atoms with Gasteiger partial charge in [-0.1, -0.05) is 23.7 Å². The van der Waals surface area contributed by atoms with Gasteiger partial charge >= 0.3 is 12.2 Å². The van der Waals surface area contributed by atoms with E-state index in [9.17, 15) is 39.6 Å². The largest absolute Gasteiger partial charge is 0.454 e. The monoisotopic (exact) mass is 800 g/mol. The number of halogens is 4. The van der Waals surface area contributed by atoms with Crippen LogP contribution in [0.1, 0.15) is 37.7 Å². The minimum Gasteiger partial charge on any atom is -0.454 e. The molecule has 53 heavy (non-hydrogen) atoms. The third-order valence-corrected chi connectivity index (χ3v) is 12.4. The highest BCUT2D eigenvalue weighted by molar-refractivity contribution is 7.91. The fraction of sp³-hybridized carbons (Fsp3) is 0.469. The summed E-state index contributed by atoms with van der Waals surface area (Å²) in [6.07, 6.45) is -2.41. The van der Waals surface area contributed by atoms with E-state index in [4.69, 9.17) is 16.3 Å². The van der Waals surface area contributed by atoms with E-state index in [-0.39, 0.29) is 52.9 Å². The molecular formula is C32H36ClF3N8O7S2. The molecule has 4 N–H and O–H groups in total. The molecule has 2 aromatic carbocycles. The molecule has 0 spiro atoms. The van der Waals surface area contributed by atoms with Gasteiger partial charge < -0.3 is 25.6 Å². The van der Waals surface area contributed by atoms with Crippen LogP contribution in [0.15, 0.2) is 53.4 Å². The Morgan fingerprint density at radius 3 is 2.17 bits per heavy atom. The number of benzene rings is 2. The molecule has 3 aromatic rings. The van der Waals surface area contributed by atoms with Crippen molar-refractivity contribution in [2.24, 2.45) is 5.41 Å². The van der Waals surface area contributed by atoms with Crippen molar-refractivity contribution in [2.45, 2.75) is 48.7 Å². The van der Waals surface area contributed by atoms with Crippen LogP contribution in [0.2, 0.25) is 5.02 Å². The molecular weight excluding hydrogens is 765 g/mol. The molecule has 15 nitrogen and oxygen atoms in total. The zero-order chi connectivity index (χ0) is 38.1. The molecule has 2 aliphatic carbocycles. The molecule has 21 heteroatoms. The summed E-state index contributed by atoms with van der Waals surface area (Å²) < 4.78 is 95.1. The minimum absolute atomic E-state index is 0.0426. The van der Waals surface area contributed by atoms with Gasteiger partial charge in [-0.15, -0.1) is 0 Å². The number of hydrogen-bond donors (Lipinski definition) is 4. The number of carbonyl (C=O) groups is 2. The first-order valence-corrected chi connectivity index (χ1v) is 20.3. The van der Waals surface area contributed by atoms with E-state index < -0.39 is 55.5 Å². The van der Waals surface area contributed by atoms with Crippen molar-refractivity contribution in [3.63, 3.8) is 0 Å². The normalized spacial score (nSPS) is 18.7. The van der Waals surface area contributed by atoms with E-state index in [1.54, 1.807) is 12.1 Å². The van der Waals surface area contributed by atoms with Gasteiger partial charge in [0.2, 0.25) is 23.7 Å².